The van der Waals surface area contributed by atoms with Crippen LogP contribution in [0.2, 0.25) is 0 Å². The number of hydrogen-bond donors (Lipinski definition) is 0. The normalized spacial score (nSPS) is 20.0. The summed E-state index contributed by atoms with van der Waals surface area (Å²) in [6, 6.07) is 0. The van der Waals surface area contributed by atoms with Gasteiger partial charge in [-0.05, 0) is 25.2 Å². The summed E-state index contributed by atoms with van der Waals surface area (Å²) in [5, 5.41) is -0.372. The third-order valence-electron chi connectivity index (χ3n) is 3.33. The highest BCUT2D eigenvalue weighted by molar-refractivity contribution is 7.92. The summed E-state index contributed by atoms with van der Waals surface area (Å²) in [6.45, 7) is 6.28. The monoisotopic (exact) mass is 311 g/mol. The van der Waals surface area contributed by atoms with Gasteiger partial charge in [0, 0.05) is 13.1 Å². The fourth-order valence-corrected chi connectivity index (χ4v) is 6.13. The molecule has 0 atom stereocenters. The van der Waals surface area contributed by atoms with Gasteiger partial charge >= 0.3 is 0 Å². The van der Waals surface area contributed by atoms with Crippen molar-refractivity contribution in [3.05, 3.63) is 0 Å². The highest BCUT2D eigenvalue weighted by atomic mass is 32.2. The minimum Gasteiger partial charge on any atom is -0.229 e. The molecule has 0 unspecified atom stereocenters. The number of nitrogens with zero attached hydrogens (tertiary/aromatic N) is 1. The van der Waals surface area contributed by atoms with Crippen molar-refractivity contribution in [3.8, 4) is 0 Å². The van der Waals surface area contributed by atoms with Crippen LogP contribution in [0.25, 0.3) is 0 Å². The Morgan fingerprint density at radius 2 is 1.63 bits per heavy atom. The average molecular weight is 311 g/mol. The summed E-state index contributed by atoms with van der Waals surface area (Å²) >= 11 is 0. The highest BCUT2D eigenvalue weighted by Crippen LogP contribution is 2.22. The van der Waals surface area contributed by atoms with E-state index in [0.29, 0.717) is 32.4 Å². The molecule has 0 spiro atoms. The first kappa shape index (κ1) is 16.9. The van der Waals surface area contributed by atoms with Crippen molar-refractivity contribution in [3.63, 3.8) is 0 Å². The molecule has 0 aromatic rings. The third kappa shape index (κ3) is 4.72. The van der Waals surface area contributed by atoms with Gasteiger partial charge in [-0.2, -0.15) is 0 Å². The smallest absolute Gasteiger partial charge is 0.214 e. The van der Waals surface area contributed by atoms with Crippen LogP contribution in [0.15, 0.2) is 0 Å². The molecule has 0 aromatic heterocycles. The predicted molar refractivity (Wildman–Crippen MR) is 77.3 cm³/mol. The maximum atomic E-state index is 12.1. The molecule has 1 aliphatic rings. The van der Waals surface area contributed by atoms with E-state index >= 15 is 0 Å². The molecule has 1 heterocycles. The summed E-state index contributed by atoms with van der Waals surface area (Å²) in [6.07, 6.45) is 1.45. The fourth-order valence-electron chi connectivity index (χ4n) is 2.46. The predicted octanol–water partition coefficient (Wildman–Crippen LogP) is 1.26. The minimum absolute atomic E-state index is 0.117. The highest BCUT2D eigenvalue weighted by Gasteiger charge is 2.33. The molecule has 0 saturated carbocycles. The Hall–Kier alpha value is -0.140. The topological polar surface area (TPSA) is 71.5 Å². The van der Waals surface area contributed by atoms with Crippen LogP contribution in [-0.2, 0) is 19.9 Å². The molecule has 0 aromatic carbocycles. The van der Waals surface area contributed by atoms with Crippen LogP contribution in [0.4, 0.5) is 0 Å². The minimum atomic E-state index is -3.19. The van der Waals surface area contributed by atoms with Gasteiger partial charge in [-0.25, -0.2) is 21.1 Å². The second kappa shape index (κ2) is 6.54. The van der Waals surface area contributed by atoms with Crippen molar-refractivity contribution < 1.29 is 16.8 Å². The van der Waals surface area contributed by atoms with E-state index in [2.05, 4.69) is 0 Å². The van der Waals surface area contributed by atoms with Gasteiger partial charge < -0.3 is 0 Å². The van der Waals surface area contributed by atoms with Gasteiger partial charge in [-0.1, -0.05) is 20.8 Å². The maximum Gasteiger partial charge on any atom is 0.214 e. The van der Waals surface area contributed by atoms with Crippen molar-refractivity contribution in [1.82, 2.24) is 4.31 Å². The van der Waals surface area contributed by atoms with Gasteiger partial charge in [-0.15, -0.1) is 0 Å². The molecule has 1 aliphatic heterocycles. The second-order valence-corrected chi connectivity index (χ2v) is 10.1. The second-order valence-electron chi connectivity index (χ2n) is 5.64. The van der Waals surface area contributed by atoms with Crippen molar-refractivity contribution in [1.29, 1.82) is 0 Å². The molecule has 0 N–H and O–H groups in total. The first-order chi connectivity index (χ1) is 8.69. The first-order valence-corrected chi connectivity index (χ1v) is 10.2. The zero-order chi connectivity index (χ0) is 14.7. The van der Waals surface area contributed by atoms with Crippen LogP contribution in [0.3, 0.4) is 0 Å². The number of sulfonamides is 1. The Kier molecular flexibility index (Phi) is 5.82. The van der Waals surface area contributed by atoms with Crippen molar-refractivity contribution in [2.75, 3.05) is 24.6 Å². The van der Waals surface area contributed by atoms with Crippen molar-refractivity contribution in [2.24, 2.45) is 5.92 Å². The van der Waals surface area contributed by atoms with E-state index in [4.69, 9.17) is 0 Å². The van der Waals surface area contributed by atoms with Gasteiger partial charge in [0.25, 0.3) is 0 Å². The van der Waals surface area contributed by atoms with E-state index in [0.717, 1.165) is 0 Å². The standard InChI is InChI=1S/C12H25NO4S2/c1-4-9-19(16,17)13-7-5-12(6-8-13)18(14,15)10-11(2)3/h11-12H,4-10H2,1-3H3. The van der Waals surface area contributed by atoms with Crippen LogP contribution in [0.1, 0.15) is 40.0 Å². The average Bonchev–Trinajstić information content (AvgIpc) is 2.27. The molecule has 1 saturated heterocycles. The molecule has 0 radical (unpaired) electrons. The van der Waals surface area contributed by atoms with Crippen LogP contribution in [0.5, 0.6) is 0 Å². The van der Waals surface area contributed by atoms with E-state index in [1.54, 1.807) is 0 Å². The Labute approximate surface area is 117 Å². The van der Waals surface area contributed by atoms with Gasteiger partial charge in [0.2, 0.25) is 10.0 Å². The van der Waals surface area contributed by atoms with E-state index in [1.807, 2.05) is 20.8 Å². The Morgan fingerprint density at radius 3 is 2.05 bits per heavy atom. The SMILES string of the molecule is CCCS(=O)(=O)N1CCC(S(=O)(=O)CC(C)C)CC1. The number of piperidine rings is 1. The maximum absolute atomic E-state index is 12.1. The quantitative estimate of drug-likeness (QED) is 0.740. The van der Waals surface area contributed by atoms with E-state index in [9.17, 15) is 16.8 Å². The lowest BCUT2D eigenvalue weighted by molar-refractivity contribution is 0.345. The molecule has 19 heavy (non-hydrogen) atoms. The van der Waals surface area contributed by atoms with Gasteiger partial charge in [0.15, 0.2) is 9.84 Å². The molecular formula is C12H25NO4S2. The summed E-state index contributed by atoms with van der Waals surface area (Å²) in [4.78, 5) is 0. The van der Waals surface area contributed by atoms with Crippen molar-refractivity contribution >= 4 is 19.9 Å². The lowest BCUT2D eigenvalue weighted by atomic mass is 10.2. The summed E-state index contributed by atoms with van der Waals surface area (Å²) < 4.78 is 49.5. The van der Waals surface area contributed by atoms with E-state index < -0.39 is 19.9 Å². The third-order valence-corrected chi connectivity index (χ3v) is 8.02. The molecule has 0 amide bonds. The van der Waals surface area contributed by atoms with E-state index in [1.165, 1.54) is 4.31 Å². The van der Waals surface area contributed by atoms with Gasteiger partial charge in [0.05, 0.1) is 16.8 Å². The molecule has 7 heteroatoms. The summed E-state index contributed by atoms with van der Waals surface area (Å²) in [5.74, 6) is 0.461. The van der Waals surface area contributed by atoms with Gasteiger partial charge in [0.1, 0.15) is 0 Å². The zero-order valence-electron chi connectivity index (χ0n) is 12.0. The van der Waals surface area contributed by atoms with Crippen LogP contribution in [0, 0.1) is 5.92 Å². The molecule has 1 rings (SSSR count). The zero-order valence-corrected chi connectivity index (χ0v) is 13.6. The summed E-state index contributed by atoms with van der Waals surface area (Å²) in [7, 11) is -6.27. The summed E-state index contributed by atoms with van der Waals surface area (Å²) in [5.41, 5.74) is 0. The molecule has 1 fully saturated rings. The van der Waals surface area contributed by atoms with Crippen molar-refractivity contribution in [2.45, 2.75) is 45.3 Å². The Morgan fingerprint density at radius 1 is 1.11 bits per heavy atom. The van der Waals surface area contributed by atoms with E-state index in [-0.39, 0.29) is 22.7 Å². The molecular weight excluding hydrogens is 286 g/mol. The van der Waals surface area contributed by atoms with Gasteiger partial charge in [-0.3, -0.25) is 0 Å². The number of sulfone groups is 1. The molecule has 0 aliphatic carbocycles. The molecule has 114 valence electrons. The van der Waals surface area contributed by atoms with Crippen LogP contribution >= 0.6 is 0 Å². The Bertz CT molecular complexity index is 474. The van der Waals surface area contributed by atoms with Crippen LogP contribution in [-0.4, -0.2) is 51.0 Å². The number of hydrogen-bond acceptors (Lipinski definition) is 4. The van der Waals surface area contributed by atoms with Crippen LogP contribution < -0.4 is 0 Å². The lowest BCUT2D eigenvalue weighted by Gasteiger charge is -2.31. The first-order valence-electron chi connectivity index (χ1n) is 6.88. The number of rotatable bonds is 6. The molecule has 5 nitrogen and oxygen atoms in total. The fraction of sp³-hybridized carbons (Fsp3) is 1.00. The largest absolute Gasteiger partial charge is 0.229 e. The molecule has 0 bridgehead atoms. The Balaban J connectivity index is 2.63. The lowest BCUT2D eigenvalue weighted by Crippen LogP contribution is -2.44.